The average molecular weight is 344 g/mol. The fourth-order valence-electron chi connectivity index (χ4n) is 2.91. The lowest BCUT2D eigenvalue weighted by atomic mass is 10.1. The van der Waals surface area contributed by atoms with Crippen LogP contribution in [-0.4, -0.2) is 40.1 Å². The Morgan fingerprint density at radius 2 is 2.20 bits per heavy atom. The lowest BCUT2D eigenvalue weighted by molar-refractivity contribution is -0.141. The second kappa shape index (κ2) is 6.96. The summed E-state index contributed by atoms with van der Waals surface area (Å²) < 4.78 is 10.9. The van der Waals surface area contributed by atoms with Crippen LogP contribution in [-0.2, 0) is 11.4 Å². The molecule has 0 saturated carbocycles. The van der Waals surface area contributed by atoms with Gasteiger partial charge in [0, 0.05) is 18.7 Å². The Bertz CT molecular complexity index is 779. The third-order valence-electron chi connectivity index (χ3n) is 4.47. The highest BCUT2D eigenvalue weighted by Gasteiger charge is 2.31. The molecule has 1 aliphatic heterocycles. The number of carbonyl (C=O) groups excluding carboxylic acids is 1. The van der Waals surface area contributed by atoms with E-state index in [1.54, 1.807) is 29.2 Å². The Morgan fingerprint density at radius 3 is 2.84 bits per heavy atom. The molecule has 1 unspecified atom stereocenters. The largest absolute Gasteiger partial charge is 0.489 e. The van der Waals surface area contributed by atoms with Gasteiger partial charge in [-0.2, -0.15) is 0 Å². The lowest BCUT2D eigenvalue weighted by Gasteiger charge is -2.16. The maximum Gasteiger partial charge on any atom is 0.308 e. The SMILES string of the molecule is Cc1noc(C)c1COc1cccc(C(=O)N2CCC(C(=O)O)C2)c1. The number of aromatic nitrogens is 1. The summed E-state index contributed by atoms with van der Waals surface area (Å²) in [5, 5.41) is 12.9. The van der Waals surface area contributed by atoms with Crippen molar-refractivity contribution in [3.63, 3.8) is 0 Å². The van der Waals surface area contributed by atoms with Crippen LogP contribution in [0.2, 0.25) is 0 Å². The molecule has 1 atom stereocenters. The number of carbonyl (C=O) groups is 2. The van der Waals surface area contributed by atoms with Crippen molar-refractivity contribution in [2.24, 2.45) is 5.92 Å². The van der Waals surface area contributed by atoms with Crippen LogP contribution in [0.3, 0.4) is 0 Å². The van der Waals surface area contributed by atoms with E-state index in [0.29, 0.717) is 36.6 Å². The van der Waals surface area contributed by atoms with Gasteiger partial charge in [0.25, 0.3) is 5.91 Å². The number of ether oxygens (including phenoxy) is 1. The van der Waals surface area contributed by atoms with E-state index < -0.39 is 11.9 Å². The molecule has 1 aromatic carbocycles. The molecule has 1 aliphatic rings. The van der Waals surface area contributed by atoms with E-state index >= 15 is 0 Å². The zero-order valence-electron chi connectivity index (χ0n) is 14.2. The first-order chi connectivity index (χ1) is 12.0. The summed E-state index contributed by atoms with van der Waals surface area (Å²) in [5.74, 6) is -0.234. The van der Waals surface area contributed by atoms with Gasteiger partial charge in [-0.05, 0) is 38.5 Å². The normalized spacial score (nSPS) is 16.9. The zero-order chi connectivity index (χ0) is 18.0. The van der Waals surface area contributed by atoms with Crippen molar-refractivity contribution in [2.75, 3.05) is 13.1 Å². The van der Waals surface area contributed by atoms with Crippen molar-refractivity contribution in [1.82, 2.24) is 10.1 Å². The number of carboxylic acids is 1. The van der Waals surface area contributed by atoms with Crippen molar-refractivity contribution >= 4 is 11.9 Å². The molecule has 0 spiro atoms. The molecule has 25 heavy (non-hydrogen) atoms. The highest BCUT2D eigenvalue weighted by atomic mass is 16.5. The van der Waals surface area contributed by atoms with Crippen LogP contribution in [0.1, 0.15) is 33.8 Å². The molecule has 1 amide bonds. The Morgan fingerprint density at radius 1 is 1.40 bits per heavy atom. The van der Waals surface area contributed by atoms with Gasteiger partial charge in [-0.3, -0.25) is 9.59 Å². The Labute approximate surface area is 145 Å². The van der Waals surface area contributed by atoms with E-state index in [-0.39, 0.29) is 12.5 Å². The van der Waals surface area contributed by atoms with E-state index in [1.165, 1.54) is 0 Å². The molecule has 0 radical (unpaired) electrons. The summed E-state index contributed by atoms with van der Waals surface area (Å²) in [4.78, 5) is 25.2. The third-order valence-corrected chi connectivity index (χ3v) is 4.47. The van der Waals surface area contributed by atoms with Crippen molar-refractivity contribution < 1.29 is 24.0 Å². The van der Waals surface area contributed by atoms with Gasteiger partial charge in [0.2, 0.25) is 0 Å². The highest BCUT2D eigenvalue weighted by molar-refractivity contribution is 5.95. The van der Waals surface area contributed by atoms with Crippen LogP contribution >= 0.6 is 0 Å². The summed E-state index contributed by atoms with van der Waals surface area (Å²) >= 11 is 0. The molecule has 0 bridgehead atoms. The van der Waals surface area contributed by atoms with Crippen LogP contribution in [0.15, 0.2) is 28.8 Å². The number of hydrogen-bond donors (Lipinski definition) is 1. The maximum atomic E-state index is 12.6. The molecule has 7 nitrogen and oxygen atoms in total. The minimum atomic E-state index is -0.855. The van der Waals surface area contributed by atoms with Crippen LogP contribution in [0.5, 0.6) is 5.75 Å². The Balaban J connectivity index is 1.67. The summed E-state index contributed by atoms with van der Waals surface area (Å²) in [6, 6.07) is 6.91. The monoisotopic (exact) mass is 344 g/mol. The average Bonchev–Trinajstić information content (AvgIpc) is 3.21. The Kier molecular flexibility index (Phi) is 4.74. The molecule has 2 aromatic rings. The Hall–Kier alpha value is -2.83. The molecule has 0 aliphatic carbocycles. The van der Waals surface area contributed by atoms with E-state index in [2.05, 4.69) is 5.16 Å². The molecular weight excluding hydrogens is 324 g/mol. The van der Waals surface area contributed by atoms with Crippen LogP contribution in [0.25, 0.3) is 0 Å². The van der Waals surface area contributed by atoms with Gasteiger partial charge in [-0.15, -0.1) is 0 Å². The first-order valence-electron chi connectivity index (χ1n) is 8.12. The summed E-state index contributed by atoms with van der Waals surface area (Å²) in [5.41, 5.74) is 2.16. The lowest BCUT2D eigenvalue weighted by Crippen LogP contribution is -2.29. The predicted molar refractivity (Wildman–Crippen MR) is 88.4 cm³/mol. The second-order valence-corrected chi connectivity index (χ2v) is 6.19. The standard InChI is InChI=1S/C18H20N2O5/c1-11-16(12(2)25-19-11)10-24-15-5-3-4-13(8-15)17(21)20-7-6-14(9-20)18(22)23/h3-5,8,14H,6-7,9-10H2,1-2H3,(H,22,23). The number of aliphatic carboxylic acids is 1. The number of amides is 1. The maximum absolute atomic E-state index is 12.6. The topological polar surface area (TPSA) is 92.9 Å². The van der Waals surface area contributed by atoms with E-state index in [9.17, 15) is 9.59 Å². The molecule has 2 heterocycles. The second-order valence-electron chi connectivity index (χ2n) is 6.19. The fraction of sp³-hybridized carbons (Fsp3) is 0.389. The molecule has 1 N–H and O–H groups in total. The minimum Gasteiger partial charge on any atom is -0.489 e. The summed E-state index contributed by atoms with van der Waals surface area (Å²) in [6.45, 7) is 4.69. The van der Waals surface area contributed by atoms with Crippen molar-refractivity contribution in [1.29, 1.82) is 0 Å². The third kappa shape index (κ3) is 3.65. The smallest absolute Gasteiger partial charge is 0.308 e. The van der Waals surface area contributed by atoms with E-state index in [0.717, 1.165) is 11.3 Å². The molecule has 132 valence electrons. The van der Waals surface area contributed by atoms with Gasteiger partial charge < -0.3 is 19.3 Å². The number of likely N-dealkylation sites (tertiary alicyclic amines) is 1. The van der Waals surface area contributed by atoms with Crippen molar-refractivity contribution in [3.8, 4) is 5.75 Å². The number of rotatable bonds is 5. The summed E-state index contributed by atoms with van der Waals surface area (Å²) in [7, 11) is 0. The molecule has 3 rings (SSSR count). The van der Waals surface area contributed by atoms with Crippen molar-refractivity contribution in [3.05, 3.63) is 46.8 Å². The van der Waals surface area contributed by atoms with Gasteiger partial charge in [0.1, 0.15) is 18.1 Å². The number of carboxylic acid groups (broad SMARTS) is 1. The predicted octanol–water partition coefficient (Wildman–Crippen LogP) is 2.42. The van der Waals surface area contributed by atoms with Crippen LogP contribution < -0.4 is 4.74 Å². The van der Waals surface area contributed by atoms with Gasteiger partial charge in [-0.25, -0.2) is 0 Å². The van der Waals surface area contributed by atoms with Crippen molar-refractivity contribution in [2.45, 2.75) is 26.9 Å². The highest BCUT2D eigenvalue weighted by Crippen LogP contribution is 2.22. The number of aryl methyl sites for hydroxylation is 2. The van der Waals surface area contributed by atoms with E-state index in [1.807, 2.05) is 13.8 Å². The first-order valence-corrected chi connectivity index (χ1v) is 8.12. The van der Waals surface area contributed by atoms with E-state index in [4.69, 9.17) is 14.4 Å². The quantitative estimate of drug-likeness (QED) is 0.895. The molecule has 7 heteroatoms. The fourth-order valence-corrected chi connectivity index (χ4v) is 2.91. The molecule has 1 saturated heterocycles. The number of hydrogen-bond acceptors (Lipinski definition) is 5. The molecule has 1 fully saturated rings. The van der Waals surface area contributed by atoms with Crippen LogP contribution in [0, 0.1) is 19.8 Å². The van der Waals surface area contributed by atoms with Gasteiger partial charge in [0.15, 0.2) is 0 Å². The molecular formula is C18H20N2O5. The van der Waals surface area contributed by atoms with Gasteiger partial charge in [0.05, 0.1) is 17.2 Å². The van der Waals surface area contributed by atoms with Crippen LogP contribution in [0.4, 0.5) is 0 Å². The first kappa shape index (κ1) is 17.0. The summed E-state index contributed by atoms with van der Waals surface area (Å²) in [6.07, 6.45) is 0.489. The molecule has 1 aromatic heterocycles. The van der Waals surface area contributed by atoms with Gasteiger partial charge in [-0.1, -0.05) is 11.2 Å². The van der Waals surface area contributed by atoms with Gasteiger partial charge >= 0.3 is 5.97 Å². The minimum absolute atomic E-state index is 0.175. The zero-order valence-corrected chi connectivity index (χ0v) is 14.2. The number of benzene rings is 1. The number of nitrogens with zero attached hydrogens (tertiary/aromatic N) is 2.